The summed E-state index contributed by atoms with van der Waals surface area (Å²) in [5, 5.41) is 0. The molecule has 0 spiro atoms. The average Bonchev–Trinajstić information content (AvgIpc) is 3.28. The Bertz CT molecular complexity index is 1310. The van der Waals surface area contributed by atoms with Gasteiger partial charge >= 0.3 is 5.69 Å². The van der Waals surface area contributed by atoms with Crippen molar-refractivity contribution in [2.45, 2.75) is 70.6 Å². The van der Waals surface area contributed by atoms with Crippen molar-refractivity contribution in [2.24, 2.45) is 5.92 Å². The Morgan fingerprint density at radius 3 is 2.05 bits per heavy atom. The van der Waals surface area contributed by atoms with Crippen molar-refractivity contribution in [3.8, 4) is 0 Å². The van der Waals surface area contributed by atoms with Crippen molar-refractivity contribution < 1.29 is 4.79 Å². The lowest BCUT2D eigenvalue weighted by molar-refractivity contribution is -0.124. The minimum absolute atomic E-state index is 0.0401. The quantitative estimate of drug-likeness (QED) is 0.273. The summed E-state index contributed by atoms with van der Waals surface area (Å²) < 4.78 is 1.91. The minimum Gasteiger partial charge on any atom is -0.306 e. The number of hydrogen-bond acceptors (Lipinski definition) is 3. The number of Topliss-reactive ketones (excluding diaryl/α,β-unsaturated/α-hetero) is 1. The molecule has 1 atom stereocenters. The maximum absolute atomic E-state index is 13.2. The van der Waals surface area contributed by atoms with E-state index < -0.39 is 0 Å². The van der Waals surface area contributed by atoms with E-state index in [-0.39, 0.29) is 17.6 Å². The topological polar surface area (TPSA) is 58.1 Å². The Kier molecular flexibility index (Phi) is 8.00. The van der Waals surface area contributed by atoms with Gasteiger partial charge in [-0.25, -0.2) is 4.79 Å². The van der Waals surface area contributed by atoms with Crippen molar-refractivity contribution in [1.82, 2.24) is 14.5 Å². The number of ketones is 1. The molecule has 5 nitrogen and oxygen atoms in total. The van der Waals surface area contributed by atoms with Gasteiger partial charge < -0.3 is 4.98 Å². The van der Waals surface area contributed by atoms with E-state index in [0.717, 1.165) is 56.2 Å². The molecular formula is C32H37N3O2. The summed E-state index contributed by atoms with van der Waals surface area (Å²) in [7, 11) is 0. The van der Waals surface area contributed by atoms with Crippen LogP contribution in [0.2, 0.25) is 0 Å². The molecule has 1 heterocycles. The van der Waals surface area contributed by atoms with Crippen LogP contribution in [-0.2, 0) is 17.9 Å². The first-order valence-corrected chi connectivity index (χ1v) is 13.6. The third-order valence-electron chi connectivity index (χ3n) is 8.03. The van der Waals surface area contributed by atoms with Gasteiger partial charge in [0.1, 0.15) is 5.78 Å². The third-order valence-corrected chi connectivity index (χ3v) is 8.03. The van der Waals surface area contributed by atoms with E-state index >= 15 is 0 Å². The van der Waals surface area contributed by atoms with Crippen LogP contribution in [0.4, 0.5) is 0 Å². The summed E-state index contributed by atoms with van der Waals surface area (Å²) in [6, 6.07) is 29.5. The van der Waals surface area contributed by atoms with Crippen LogP contribution in [0.1, 0.15) is 62.6 Å². The van der Waals surface area contributed by atoms with Gasteiger partial charge in [-0.1, -0.05) is 72.8 Å². The Morgan fingerprint density at radius 2 is 1.43 bits per heavy atom. The number of hydrogen-bond donors (Lipinski definition) is 1. The number of rotatable bonds is 10. The molecule has 0 unspecified atom stereocenters. The number of carbonyl (C=O) groups excluding carboxylic acids is 1. The highest BCUT2D eigenvalue weighted by atomic mass is 16.1. The number of imidazole rings is 1. The molecule has 1 fully saturated rings. The molecule has 192 valence electrons. The van der Waals surface area contributed by atoms with E-state index in [1.807, 2.05) is 28.8 Å². The number of aromatic nitrogens is 2. The van der Waals surface area contributed by atoms with Crippen molar-refractivity contribution in [1.29, 1.82) is 0 Å². The van der Waals surface area contributed by atoms with Crippen LogP contribution < -0.4 is 5.69 Å². The van der Waals surface area contributed by atoms with Gasteiger partial charge in [0.25, 0.3) is 0 Å². The summed E-state index contributed by atoms with van der Waals surface area (Å²) in [5.74, 6) is 0.497. The zero-order valence-electron chi connectivity index (χ0n) is 21.7. The van der Waals surface area contributed by atoms with Crippen molar-refractivity contribution in [3.63, 3.8) is 0 Å². The van der Waals surface area contributed by atoms with Crippen LogP contribution in [0.25, 0.3) is 11.0 Å². The maximum Gasteiger partial charge on any atom is 0.326 e. The predicted octanol–water partition coefficient (Wildman–Crippen LogP) is 6.50. The molecule has 1 aliphatic rings. The van der Waals surface area contributed by atoms with Crippen LogP contribution in [0.5, 0.6) is 0 Å². The number of fused-ring (bicyclic) bond motifs is 1. The molecule has 37 heavy (non-hydrogen) atoms. The number of nitrogens with zero attached hydrogens (tertiary/aromatic N) is 2. The second-order valence-electron chi connectivity index (χ2n) is 10.6. The molecule has 0 amide bonds. The highest BCUT2D eigenvalue weighted by Gasteiger charge is 2.29. The first-order chi connectivity index (χ1) is 18.1. The Labute approximate surface area is 219 Å². The lowest BCUT2D eigenvalue weighted by atomic mass is 9.82. The smallest absolute Gasteiger partial charge is 0.306 e. The zero-order chi connectivity index (χ0) is 25.6. The minimum atomic E-state index is -0.0401. The van der Waals surface area contributed by atoms with E-state index in [1.54, 1.807) is 0 Å². The number of H-pyrrole nitrogens is 1. The van der Waals surface area contributed by atoms with Gasteiger partial charge in [0.2, 0.25) is 0 Å². The van der Waals surface area contributed by atoms with E-state index in [4.69, 9.17) is 0 Å². The maximum atomic E-state index is 13.2. The van der Waals surface area contributed by atoms with Crippen LogP contribution in [0.15, 0.2) is 89.7 Å². The summed E-state index contributed by atoms with van der Waals surface area (Å²) in [5.41, 5.74) is 4.40. The largest absolute Gasteiger partial charge is 0.326 e. The zero-order valence-corrected chi connectivity index (χ0v) is 21.7. The lowest BCUT2D eigenvalue weighted by Crippen LogP contribution is -2.33. The second kappa shape index (κ2) is 11.7. The fourth-order valence-electron chi connectivity index (χ4n) is 5.83. The van der Waals surface area contributed by atoms with Crippen LogP contribution >= 0.6 is 0 Å². The Balaban J connectivity index is 1.17. The van der Waals surface area contributed by atoms with Gasteiger partial charge in [-0.2, -0.15) is 0 Å². The third kappa shape index (κ3) is 6.11. The molecule has 5 rings (SSSR count). The number of benzene rings is 3. The summed E-state index contributed by atoms with van der Waals surface area (Å²) >= 11 is 0. The Morgan fingerprint density at radius 1 is 0.865 bits per heavy atom. The summed E-state index contributed by atoms with van der Waals surface area (Å²) in [4.78, 5) is 31.3. The molecule has 3 aromatic carbocycles. The van der Waals surface area contributed by atoms with Gasteiger partial charge in [-0.15, -0.1) is 0 Å². The highest BCUT2D eigenvalue weighted by Crippen LogP contribution is 2.34. The molecular weight excluding hydrogens is 458 g/mol. The molecule has 1 aromatic heterocycles. The fraction of sp³-hybridized carbons (Fsp3) is 0.375. The molecule has 4 aromatic rings. The normalized spacial score (nSPS) is 18.8. The van der Waals surface area contributed by atoms with E-state index in [1.165, 1.54) is 11.1 Å². The molecule has 1 N–H and O–H groups in total. The average molecular weight is 496 g/mol. The molecule has 1 aliphatic carbocycles. The van der Waals surface area contributed by atoms with Crippen LogP contribution in [0.3, 0.4) is 0 Å². The number of para-hydroxylation sites is 2. The molecule has 0 radical (unpaired) electrons. The van der Waals surface area contributed by atoms with Crippen molar-refractivity contribution in [3.05, 3.63) is 107 Å². The van der Waals surface area contributed by atoms with Gasteiger partial charge in [0.05, 0.1) is 11.0 Å². The van der Waals surface area contributed by atoms with Gasteiger partial charge in [0, 0.05) is 37.5 Å². The van der Waals surface area contributed by atoms with E-state index in [9.17, 15) is 9.59 Å². The van der Waals surface area contributed by atoms with Gasteiger partial charge in [-0.3, -0.25) is 14.3 Å². The van der Waals surface area contributed by atoms with E-state index in [2.05, 4.69) is 77.5 Å². The molecule has 0 bridgehead atoms. The second-order valence-corrected chi connectivity index (χ2v) is 10.6. The van der Waals surface area contributed by atoms with Crippen LogP contribution in [0, 0.1) is 5.92 Å². The SMILES string of the molecule is C[C@@H](CCC(=O)C1CCC(n2c(=O)[nH]c3ccccc32)CC1)N(Cc1ccccc1)Cc1ccccc1. The summed E-state index contributed by atoms with van der Waals surface area (Å²) in [6.07, 6.45) is 4.96. The van der Waals surface area contributed by atoms with Crippen molar-refractivity contribution in [2.75, 3.05) is 0 Å². The molecule has 0 aliphatic heterocycles. The number of aromatic amines is 1. The highest BCUT2D eigenvalue weighted by molar-refractivity contribution is 5.81. The Hall–Kier alpha value is -3.44. The fourth-order valence-corrected chi connectivity index (χ4v) is 5.83. The van der Waals surface area contributed by atoms with Gasteiger partial charge in [-0.05, 0) is 62.3 Å². The number of carbonyl (C=O) groups is 1. The monoisotopic (exact) mass is 495 g/mol. The summed E-state index contributed by atoms with van der Waals surface area (Å²) in [6.45, 7) is 3.99. The van der Waals surface area contributed by atoms with Gasteiger partial charge in [0.15, 0.2) is 0 Å². The van der Waals surface area contributed by atoms with Crippen LogP contribution in [-0.4, -0.2) is 26.3 Å². The molecule has 1 saturated carbocycles. The van der Waals surface area contributed by atoms with Crippen molar-refractivity contribution >= 4 is 16.8 Å². The lowest BCUT2D eigenvalue weighted by Gasteiger charge is -2.31. The number of nitrogens with one attached hydrogen (secondary N) is 1. The molecule has 0 saturated heterocycles. The predicted molar refractivity (Wildman–Crippen MR) is 149 cm³/mol. The first kappa shape index (κ1) is 25.2. The molecule has 5 heteroatoms. The first-order valence-electron chi connectivity index (χ1n) is 13.6. The van der Waals surface area contributed by atoms with E-state index in [0.29, 0.717) is 18.2 Å². The standard InChI is InChI=1S/C32H37N3O2/c1-24(34(22-25-10-4-2-5-11-25)23-26-12-6-3-7-13-26)16-21-31(36)27-17-19-28(20-18-27)35-30-15-9-8-14-29(30)33-32(35)37/h2-15,24,27-28H,16-23H2,1H3,(H,33,37)/t24-,27?,28?/m0/s1.